The van der Waals surface area contributed by atoms with Crippen molar-refractivity contribution in [3.8, 4) is 0 Å². The van der Waals surface area contributed by atoms with Crippen molar-refractivity contribution in [3.63, 3.8) is 0 Å². The highest BCUT2D eigenvalue weighted by Crippen LogP contribution is 2.25. The summed E-state index contributed by atoms with van der Waals surface area (Å²) in [6.07, 6.45) is 1.92. The molecule has 1 aromatic heterocycles. The molecular weight excluding hydrogens is 252 g/mol. The Labute approximate surface area is 106 Å². The van der Waals surface area contributed by atoms with Crippen LogP contribution in [-0.4, -0.2) is 21.0 Å². The van der Waals surface area contributed by atoms with Crippen LogP contribution in [0, 0.1) is 10.1 Å². The van der Waals surface area contributed by atoms with Gasteiger partial charge in [-0.3, -0.25) is 14.9 Å². The molecule has 7 nitrogen and oxygen atoms in total. The monoisotopic (exact) mass is 260 g/mol. The SMILES string of the molecule is O=C(O)/C=C/c1cc2[nH]c(=O)ccc2cc1[N+](=O)[O-]. The average Bonchev–Trinajstić information content (AvgIpc) is 2.34. The molecule has 96 valence electrons. The van der Waals surface area contributed by atoms with Gasteiger partial charge in [0.15, 0.2) is 0 Å². The predicted octanol–water partition coefficient (Wildman–Crippen LogP) is 1.53. The molecule has 7 heteroatoms. The van der Waals surface area contributed by atoms with Crippen molar-refractivity contribution in [2.75, 3.05) is 0 Å². The third-order valence-corrected chi connectivity index (χ3v) is 2.47. The Bertz CT molecular complexity index is 760. The first-order valence-electron chi connectivity index (χ1n) is 5.20. The number of H-pyrrole nitrogens is 1. The number of nitro groups is 1. The molecule has 0 aliphatic heterocycles. The maximum Gasteiger partial charge on any atom is 0.328 e. The number of hydrogen-bond acceptors (Lipinski definition) is 4. The van der Waals surface area contributed by atoms with Gasteiger partial charge in [-0.05, 0) is 18.2 Å². The van der Waals surface area contributed by atoms with Crippen LogP contribution >= 0.6 is 0 Å². The number of carboxylic acid groups (broad SMARTS) is 1. The fraction of sp³-hybridized carbons (Fsp3) is 0. The van der Waals surface area contributed by atoms with Crippen LogP contribution in [0.15, 0.2) is 35.1 Å². The number of fused-ring (bicyclic) bond motifs is 1. The second-order valence-electron chi connectivity index (χ2n) is 3.75. The topological polar surface area (TPSA) is 113 Å². The van der Waals surface area contributed by atoms with Crippen molar-refractivity contribution in [2.45, 2.75) is 0 Å². The number of aromatic amines is 1. The van der Waals surface area contributed by atoms with E-state index in [1.807, 2.05) is 0 Å². The van der Waals surface area contributed by atoms with Crippen LogP contribution in [0.4, 0.5) is 5.69 Å². The molecule has 0 amide bonds. The Morgan fingerprint density at radius 3 is 2.74 bits per heavy atom. The minimum atomic E-state index is -1.21. The number of benzene rings is 1. The van der Waals surface area contributed by atoms with Crippen molar-refractivity contribution >= 4 is 28.6 Å². The third-order valence-electron chi connectivity index (χ3n) is 2.47. The van der Waals surface area contributed by atoms with Crippen LogP contribution < -0.4 is 5.56 Å². The first-order chi connectivity index (χ1) is 8.97. The van der Waals surface area contributed by atoms with Gasteiger partial charge in [-0.2, -0.15) is 0 Å². The Hall–Kier alpha value is -2.96. The standard InChI is InChI=1S/C12H8N2O5/c15-11-3-1-7-6-10(14(18)19)8(2-4-12(16)17)5-9(7)13-11/h1-6H,(H,13,15)(H,16,17)/b4-2+. The molecule has 0 unspecified atom stereocenters. The summed E-state index contributed by atoms with van der Waals surface area (Å²) in [5.74, 6) is -1.21. The Morgan fingerprint density at radius 2 is 2.11 bits per heavy atom. The number of hydrogen-bond donors (Lipinski definition) is 2. The molecule has 0 bridgehead atoms. The minimum Gasteiger partial charge on any atom is -0.478 e. The van der Waals surface area contributed by atoms with Crippen LogP contribution in [0.1, 0.15) is 5.56 Å². The molecule has 0 saturated carbocycles. The molecule has 1 aromatic carbocycles. The van der Waals surface area contributed by atoms with Gasteiger partial charge in [-0.1, -0.05) is 0 Å². The maximum atomic E-state index is 11.2. The van der Waals surface area contributed by atoms with Crippen molar-refractivity contribution in [2.24, 2.45) is 0 Å². The molecule has 0 aliphatic rings. The number of aromatic nitrogens is 1. The molecule has 0 radical (unpaired) electrons. The minimum absolute atomic E-state index is 0.113. The quantitative estimate of drug-likeness (QED) is 0.493. The number of carboxylic acids is 1. The van der Waals surface area contributed by atoms with Crippen LogP contribution in [0.2, 0.25) is 0 Å². The summed E-state index contributed by atoms with van der Waals surface area (Å²) in [7, 11) is 0. The highest BCUT2D eigenvalue weighted by molar-refractivity contribution is 5.90. The summed E-state index contributed by atoms with van der Waals surface area (Å²) in [6.45, 7) is 0. The molecule has 2 N–H and O–H groups in total. The Kier molecular flexibility index (Phi) is 3.11. The van der Waals surface area contributed by atoms with Crippen molar-refractivity contribution in [1.82, 2.24) is 4.98 Å². The summed E-state index contributed by atoms with van der Waals surface area (Å²) in [4.78, 5) is 34.5. The number of nitrogens with one attached hydrogen (secondary N) is 1. The van der Waals surface area contributed by atoms with Crippen LogP contribution in [-0.2, 0) is 4.79 Å². The molecular formula is C12H8N2O5. The predicted molar refractivity (Wildman–Crippen MR) is 67.9 cm³/mol. The van der Waals surface area contributed by atoms with E-state index in [-0.39, 0.29) is 16.8 Å². The van der Waals surface area contributed by atoms with Gasteiger partial charge >= 0.3 is 5.97 Å². The molecule has 2 rings (SSSR count). The number of rotatable bonds is 3. The maximum absolute atomic E-state index is 11.2. The van der Waals surface area contributed by atoms with E-state index in [0.29, 0.717) is 10.9 Å². The van der Waals surface area contributed by atoms with E-state index < -0.39 is 10.9 Å². The fourth-order valence-electron chi connectivity index (χ4n) is 1.66. The van der Waals surface area contributed by atoms with E-state index in [9.17, 15) is 19.7 Å². The Balaban J connectivity index is 2.71. The van der Waals surface area contributed by atoms with E-state index in [1.165, 1.54) is 24.3 Å². The van der Waals surface area contributed by atoms with E-state index in [1.54, 1.807) is 0 Å². The zero-order chi connectivity index (χ0) is 14.0. The highest BCUT2D eigenvalue weighted by atomic mass is 16.6. The van der Waals surface area contributed by atoms with Crippen molar-refractivity contribution < 1.29 is 14.8 Å². The smallest absolute Gasteiger partial charge is 0.328 e. The van der Waals surface area contributed by atoms with Gasteiger partial charge < -0.3 is 10.1 Å². The molecule has 0 fully saturated rings. The van der Waals surface area contributed by atoms with Gasteiger partial charge in [0.05, 0.1) is 10.5 Å². The lowest BCUT2D eigenvalue weighted by Gasteiger charge is -2.01. The van der Waals surface area contributed by atoms with Gasteiger partial charge in [-0.25, -0.2) is 4.79 Å². The number of nitrogens with zero attached hydrogens (tertiary/aromatic N) is 1. The van der Waals surface area contributed by atoms with E-state index in [4.69, 9.17) is 5.11 Å². The lowest BCUT2D eigenvalue weighted by molar-refractivity contribution is -0.384. The van der Waals surface area contributed by atoms with Crippen LogP contribution in [0.5, 0.6) is 0 Å². The molecule has 0 saturated heterocycles. The summed E-state index contributed by atoms with van der Waals surface area (Å²) >= 11 is 0. The van der Waals surface area contributed by atoms with Gasteiger partial charge in [0.2, 0.25) is 5.56 Å². The second kappa shape index (κ2) is 4.73. The average molecular weight is 260 g/mol. The first kappa shape index (κ1) is 12.5. The van der Waals surface area contributed by atoms with Gasteiger partial charge in [0.1, 0.15) is 0 Å². The molecule has 0 spiro atoms. The zero-order valence-electron chi connectivity index (χ0n) is 9.49. The number of pyridine rings is 1. The number of carbonyl (C=O) groups is 1. The lowest BCUT2D eigenvalue weighted by Crippen LogP contribution is -2.03. The summed E-state index contributed by atoms with van der Waals surface area (Å²) < 4.78 is 0. The van der Waals surface area contributed by atoms with Crippen molar-refractivity contribution in [3.05, 3.63) is 56.4 Å². The largest absolute Gasteiger partial charge is 0.478 e. The van der Waals surface area contributed by atoms with Crippen molar-refractivity contribution in [1.29, 1.82) is 0 Å². The van der Waals surface area contributed by atoms with E-state index >= 15 is 0 Å². The van der Waals surface area contributed by atoms with E-state index in [2.05, 4.69) is 4.98 Å². The first-order valence-corrected chi connectivity index (χ1v) is 5.20. The third kappa shape index (κ3) is 2.65. The molecule has 2 aromatic rings. The summed E-state index contributed by atoms with van der Waals surface area (Å²) in [6, 6.07) is 5.38. The van der Waals surface area contributed by atoms with Gasteiger partial charge in [-0.15, -0.1) is 0 Å². The summed E-state index contributed by atoms with van der Waals surface area (Å²) in [5.41, 5.74) is -0.0449. The molecule has 0 atom stereocenters. The van der Waals surface area contributed by atoms with Gasteiger partial charge in [0.25, 0.3) is 5.69 Å². The molecule has 0 aliphatic carbocycles. The fourth-order valence-corrected chi connectivity index (χ4v) is 1.66. The number of aliphatic carboxylic acids is 1. The van der Waals surface area contributed by atoms with Crippen LogP contribution in [0.25, 0.3) is 17.0 Å². The lowest BCUT2D eigenvalue weighted by atomic mass is 10.1. The number of nitro benzene ring substituents is 1. The van der Waals surface area contributed by atoms with Crippen LogP contribution in [0.3, 0.4) is 0 Å². The van der Waals surface area contributed by atoms with E-state index in [0.717, 1.165) is 12.2 Å². The van der Waals surface area contributed by atoms with Gasteiger partial charge in [0, 0.05) is 29.1 Å². The summed E-state index contributed by atoms with van der Waals surface area (Å²) in [5, 5.41) is 20.0. The second-order valence-corrected chi connectivity index (χ2v) is 3.75. The Morgan fingerprint density at radius 1 is 1.37 bits per heavy atom. The molecule has 1 heterocycles. The highest BCUT2D eigenvalue weighted by Gasteiger charge is 2.13. The zero-order valence-corrected chi connectivity index (χ0v) is 9.49. The molecule has 19 heavy (non-hydrogen) atoms. The normalized spacial score (nSPS) is 10.9.